The third-order valence-electron chi connectivity index (χ3n) is 4.74. The number of ketones is 1. The Kier molecular flexibility index (Phi) is 7.40. The van der Waals surface area contributed by atoms with Crippen molar-refractivity contribution in [2.75, 3.05) is 13.7 Å². The first-order valence-corrected chi connectivity index (χ1v) is 9.48. The van der Waals surface area contributed by atoms with Gasteiger partial charge >= 0.3 is 5.97 Å². The Hall–Kier alpha value is -2.11. The number of esters is 1. The average Bonchev–Trinajstić information content (AvgIpc) is 2.79. The monoisotopic (exact) mass is 378 g/mol. The fourth-order valence-electron chi connectivity index (χ4n) is 3.44. The van der Waals surface area contributed by atoms with Crippen molar-refractivity contribution in [3.63, 3.8) is 0 Å². The van der Waals surface area contributed by atoms with Crippen LogP contribution in [-0.2, 0) is 16.1 Å². The molecule has 6 nitrogen and oxygen atoms in total. The molecule has 0 aliphatic heterocycles. The zero-order valence-electron chi connectivity index (χ0n) is 18.2. The summed E-state index contributed by atoms with van der Waals surface area (Å²) in [7, 11) is 1.33. The van der Waals surface area contributed by atoms with Crippen LogP contribution >= 0.6 is 0 Å². The topological polar surface area (TPSA) is 68.6 Å². The summed E-state index contributed by atoms with van der Waals surface area (Å²) in [6, 6.07) is 0. The molecule has 27 heavy (non-hydrogen) atoms. The second-order valence-corrected chi connectivity index (χ2v) is 8.34. The molecule has 0 spiro atoms. The van der Waals surface area contributed by atoms with E-state index >= 15 is 0 Å². The van der Waals surface area contributed by atoms with Crippen LogP contribution in [0.1, 0.15) is 80.1 Å². The lowest BCUT2D eigenvalue weighted by Crippen LogP contribution is -2.48. The van der Waals surface area contributed by atoms with Gasteiger partial charge in [-0.25, -0.2) is 4.79 Å². The molecule has 152 valence electrons. The quantitative estimate of drug-likeness (QED) is 0.535. The Morgan fingerprint density at radius 3 is 2.11 bits per heavy atom. The molecule has 0 aliphatic carbocycles. The van der Waals surface area contributed by atoms with Gasteiger partial charge in [-0.2, -0.15) is 0 Å². The standard InChI is InChI=1S/C21H34N2O4/c1-10-22-15(5)18(14(4)19(22)20(26)27-9)16(24)12-23(21(6,7)8)17(25)11-13(2)3/h13H,10-12H2,1-9H3. The van der Waals surface area contributed by atoms with Crippen molar-refractivity contribution in [1.29, 1.82) is 0 Å². The zero-order chi connectivity index (χ0) is 21.1. The number of nitrogens with zero attached hydrogens (tertiary/aromatic N) is 2. The highest BCUT2D eigenvalue weighted by Crippen LogP contribution is 2.25. The van der Waals surface area contributed by atoms with E-state index in [-0.39, 0.29) is 24.2 Å². The SMILES string of the molecule is CCn1c(C)c(C(=O)CN(C(=O)CC(C)C)C(C)(C)C)c(C)c1C(=O)OC. The minimum atomic E-state index is -0.470. The lowest BCUT2D eigenvalue weighted by molar-refractivity contribution is -0.136. The van der Waals surface area contributed by atoms with Crippen LogP contribution in [0.4, 0.5) is 0 Å². The largest absolute Gasteiger partial charge is 0.464 e. The Labute approximate surface area is 162 Å². The summed E-state index contributed by atoms with van der Waals surface area (Å²) in [6.07, 6.45) is 0.395. The Bertz CT molecular complexity index is 724. The van der Waals surface area contributed by atoms with E-state index in [2.05, 4.69) is 0 Å². The van der Waals surface area contributed by atoms with Crippen molar-refractivity contribution in [1.82, 2.24) is 9.47 Å². The molecule has 0 unspecified atom stereocenters. The van der Waals surface area contributed by atoms with Crippen molar-refractivity contribution in [3.8, 4) is 0 Å². The summed E-state index contributed by atoms with van der Waals surface area (Å²) < 4.78 is 6.69. The van der Waals surface area contributed by atoms with Gasteiger partial charge in [0.25, 0.3) is 0 Å². The third-order valence-corrected chi connectivity index (χ3v) is 4.74. The Balaban J connectivity index is 3.34. The number of hydrogen-bond acceptors (Lipinski definition) is 4. The molecular weight excluding hydrogens is 344 g/mol. The third kappa shape index (κ3) is 4.99. The van der Waals surface area contributed by atoms with E-state index < -0.39 is 11.5 Å². The van der Waals surface area contributed by atoms with Gasteiger partial charge in [0.15, 0.2) is 5.78 Å². The van der Waals surface area contributed by atoms with Gasteiger partial charge in [0.2, 0.25) is 5.91 Å². The highest BCUT2D eigenvalue weighted by molar-refractivity contribution is 6.04. The number of hydrogen-bond donors (Lipinski definition) is 0. The fraction of sp³-hybridized carbons (Fsp3) is 0.667. The summed E-state index contributed by atoms with van der Waals surface area (Å²) in [4.78, 5) is 39.7. The second-order valence-electron chi connectivity index (χ2n) is 8.34. The van der Waals surface area contributed by atoms with Crippen molar-refractivity contribution in [3.05, 3.63) is 22.5 Å². The molecule has 6 heteroatoms. The van der Waals surface area contributed by atoms with Crippen LogP contribution in [0.5, 0.6) is 0 Å². The van der Waals surface area contributed by atoms with E-state index in [9.17, 15) is 14.4 Å². The molecule has 0 aromatic carbocycles. The maximum absolute atomic E-state index is 13.2. The van der Waals surface area contributed by atoms with Gasteiger partial charge in [-0.15, -0.1) is 0 Å². The van der Waals surface area contributed by atoms with Crippen LogP contribution in [0.15, 0.2) is 0 Å². The highest BCUT2D eigenvalue weighted by atomic mass is 16.5. The molecule has 0 fully saturated rings. The number of amides is 1. The molecule has 0 N–H and O–H groups in total. The van der Waals surface area contributed by atoms with E-state index in [0.29, 0.717) is 29.8 Å². The summed E-state index contributed by atoms with van der Waals surface area (Å²) in [5, 5.41) is 0. The predicted molar refractivity (Wildman–Crippen MR) is 106 cm³/mol. The second kappa shape index (κ2) is 8.72. The highest BCUT2D eigenvalue weighted by Gasteiger charge is 2.32. The number of carbonyl (C=O) groups excluding carboxylic acids is 3. The normalized spacial score (nSPS) is 11.6. The Morgan fingerprint density at radius 2 is 1.70 bits per heavy atom. The van der Waals surface area contributed by atoms with E-state index in [1.807, 2.05) is 48.5 Å². The van der Waals surface area contributed by atoms with Gasteiger partial charge in [0.05, 0.1) is 13.7 Å². The maximum Gasteiger partial charge on any atom is 0.354 e. The minimum Gasteiger partial charge on any atom is -0.464 e. The molecule has 0 atom stereocenters. The number of ether oxygens (including phenoxy) is 1. The van der Waals surface area contributed by atoms with Gasteiger partial charge < -0.3 is 14.2 Å². The summed E-state index contributed by atoms with van der Waals surface area (Å²) in [5.74, 6) is -0.438. The summed E-state index contributed by atoms with van der Waals surface area (Å²) in [6.45, 7) is 15.8. The van der Waals surface area contributed by atoms with Gasteiger partial charge in [-0.3, -0.25) is 9.59 Å². The van der Waals surface area contributed by atoms with Gasteiger partial charge in [0, 0.05) is 29.8 Å². The Morgan fingerprint density at radius 1 is 1.15 bits per heavy atom. The van der Waals surface area contributed by atoms with Crippen molar-refractivity contribution < 1.29 is 19.1 Å². The lowest BCUT2D eigenvalue weighted by Gasteiger charge is -2.36. The molecule has 0 radical (unpaired) electrons. The minimum absolute atomic E-state index is 0.00886. The van der Waals surface area contributed by atoms with Crippen LogP contribution in [0, 0.1) is 19.8 Å². The first kappa shape index (κ1) is 22.9. The molecule has 0 saturated carbocycles. The molecular formula is C21H34N2O4. The number of carbonyl (C=O) groups is 3. The molecule has 1 heterocycles. The van der Waals surface area contributed by atoms with E-state index in [4.69, 9.17) is 4.74 Å². The van der Waals surface area contributed by atoms with Crippen molar-refractivity contribution >= 4 is 17.7 Å². The first-order valence-electron chi connectivity index (χ1n) is 9.48. The summed E-state index contributed by atoms with van der Waals surface area (Å²) >= 11 is 0. The molecule has 1 aromatic rings. The van der Waals surface area contributed by atoms with Crippen LogP contribution < -0.4 is 0 Å². The van der Waals surface area contributed by atoms with Crippen LogP contribution in [-0.4, -0.2) is 46.3 Å². The van der Waals surface area contributed by atoms with Crippen LogP contribution in [0.2, 0.25) is 0 Å². The first-order chi connectivity index (χ1) is 12.4. The average molecular weight is 379 g/mol. The number of aromatic nitrogens is 1. The lowest BCUT2D eigenvalue weighted by atomic mass is 9.99. The smallest absolute Gasteiger partial charge is 0.354 e. The van der Waals surface area contributed by atoms with E-state index in [1.54, 1.807) is 16.4 Å². The number of methoxy groups -OCH3 is 1. The number of rotatable bonds is 7. The molecule has 0 aliphatic rings. The van der Waals surface area contributed by atoms with Gasteiger partial charge in [0.1, 0.15) is 5.69 Å². The zero-order valence-corrected chi connectivity index (χ0v) is 18.2. The van der Waals surface area contributed by atoms with Gasteiger partial charge in [-0.05, 0) is 53.0 Å². The van der Waals surface area contributed by atoms with E-state index in [0.717, 1.165) is 5.69 Å². The van der Waals surface area contributed by atoms with Crippen LogP contribution in [0.25, 0.3) is 0 Å². The maximum atomic E-state index is 13.2. The fourth-order valence-corrected chi connectivity index (χ4v) is 3.44. The predicted octanol–water partition coefficient (Wildman–Crippen LogP) is 3.77. The molecule has 1 amide bonds. The van der Waals surface area contributed by atoms with Crippen molar-refractivity contribution in [2.24, 2.45) is 5.92 Å². The molecule has 1 aromatic heterocycles. The molecule has 0 bridgehead atoms. The van der Waals surface area contributed by atoms with Crippen molar-refractivity contribution in [2.45, 2.75) is 73.9 Å². The number of Topliss-reactive ketones (excluding diaryl/α,β-unsaturated/α-hetero) is 1. The van der Waals surface area contributed by atoms with Crippen LogP contribution in [0.3, 0.4) is 0 Å². The molecule has 0 saturated heterocycles. The summed E-state index contributed by atoms with van der Waals surface area (Å²) in [5.41, 5.74) is 1.77. The van der Waals surface area contributed by atoms with Gasteiger partial charge in [-0.1, -0.05) is 13.8 Å². The molecule has 1 rings (SSSR count). The van der Waals surface area contributed by atoms with E-state index in [1.165, 1.54) is 7.11 Å².